The van der Waals surface area contributed by atoms with Crippen LogP contribution in [0.1, 0.15) is 18.5 Å². The van der Waals surface area contributed by atoms with Crippen molar-refractivity contribution in [3.63, 3.8) is 0 Å². The lowest BCUT2D eigenvalue weighted by Crippen LogP contribution is -2.43. The molecule has 2 atom stereocenters. The van der Waals surface area contributed by atoms with E-state index in [0.29, 0.717) is 12.2 Å². The zero-order valence-corrected chi connectivity index (χ0v) is 10.9. The maximum atomic E-state index is 5.82. The minimum Gasteiger partial charge on any atom is -0.371 e. The maximum Gasteiger partial charge on any atom is 0.129 e. The SMILES string of the molecule is Cc1nc(N2CC3CCC(C2)O3)ccc1Br. The third-order valence-corrected chi connectivity index (χ3v) is 4.21. The van der Waals surface area contributed by atoms with Gasteiger partial charge >= 0.3 is 0 Å². The van der Waals surface area contributed by atoms with E-state index < -0.39 is 0 Å². The quantitative estimate of drug-likeness (QED) is 0.792. The minimum absolute atomic E-state index is 0.421. The monoisotopic (exact) mass is 282 g/mol. The minimum atomic E-state index is 0.421. The van der Waals surface area contributed by atoms with E-state index in [1.165, 1.54) is 12.8 Å². The van der Waals surface area contributed by atoms with Crippen molar-refractivity contribution in [1.29, 1.82) is 0 Å². The molecule has 2 aliphatic heterocycles. The van der Waals surface area contributed by atoms with E-state index in [9.17, 15) is 0 Å². The highest BCUT2D eigenvalue weighted by atomic mass is 79.9. The van der Waals surface area contributed by atoms with Crippen LogP contribution in [0.4, 0.5) is 5.82 Å². The maximum absolute atomic E-state index is 5.82. The first-order valence-electron chi connectivity index (χ1n) is 5.76. The standard InChI is InChI=1S/C12H15BrN2O/c1-8-11(13)4-5-12(14-8)15-6-9-2-3-10(7-15)16-9/h4-5,9-10H,2-3,6-7H2,1H3. The second-order valence-electron chi connectivity index (χ2n) is 4.60. The number of aryl methyl sites for hydroxylation is 1. The molecular weight excluding hydrogens is 268 g/mol. The Morgan fingerprint density at radius 1 is 1.31 bits per heavy atom. The second kappa shape index (κ2) is 4.00. The lowest BCUT2D eigenvalue weighted by molar-refractivity contribution is 0.0302. The molecule has 2 bridgehead atoms. The van der Waals surface area contributed by atoms with Crippen LogP contribution in [0.3, 0.4) is 0 Å². The molecule has 0 aliphatic carbocycles. The molecule has 1 aromatic heterocycles. The molecule has 0 amide bonds. The Labute approximate surface area is 104 Å². The zero-order chi connectivity index (χ0) is 11.1. The topological polar surface area (TPSA) is 25.4 Å². The summed E-state index contributed by atoms with van der Waals surface area (Å²) in [5, 5.41) is 0. The van der Waals surface area contributed by atoms with Gasteiger partial charge in [0.15, 0.2) is 0 Å². The molecule has 3 heterocycles. The number of hydrogen-bond donors (Lipinski definition) is 0. The van der Waals surface area contributed by atoms with Gasteiger partial charge < -0.3 is 9.64 Å². The molecule has 2 fully saturated rings. The lowest BCUT2D eigenvalue weighted by Gasteiger charge is -2.33. The third-order valence-electron chi connectivity index (χ3n) is 3.37. The average Bonchev–Trinajstić information content (AvgIpc) is 2.62. The molecule has 0 spiro atoms. The number of anilines is 1. The number of morpholine rings is 1. The van der Waals surface area contributed by atoms with Gasteiger partial charge in [-0.3, -0.25) is 0 Å². The Balaban J connectivity index is 1.84. The first-order valence-corrected chi connectivity index (χ1v) is 6.55. The van der Waals surface area contributed by atoms with Crippen LogP contribution in [0, 0.1) is 6.92 Å². The molecule has 1 aromatic rings. The van der Waals surface area contributed by atoms with Crippen molar-refractivity contribution in [3.8, 4) is 0 Å². The largest absolute Gasteiger partial charge is 0.371 e. The van der Waals surface area contributed by atoms with Crippen molar-refractivity contribution in [2.45, 2.75) is 32.0 Å². The fourth-order valence-electron chi connectivity index (χ4n) is 2.51. The van der Waals surface area contributed by atoms with Crippen LogP contribution >= 0.6 is 15.9 Å². The number of fused-ring (bicyclic) bond motifs is 2. The highest BCUT2D eigenvalue weighted by Crippen LogP contribution is 2.29. The van der Waals surface area contributed by atoms with E-state index in [4.69, 9.17) is 4.74 Å². The highest BCUT2D eigenvalue weighted by molar-refractivity contribution is 9.10. The number of hydrogen-bond acceptors (Lipinski definition) is 3. The summed E-state index contributed by atoms with van der Waals surface area (Å²) in [5.41, 5.74) is 1.05. The predicted octanol–water partition coefficient (Wildman–Crippen LogP) is 2.52. The van der Waals surface area contributed by atoms with E-state index >= 15 is 0 Å². The van der Waals surface area contributed by atoms with Crippen LogP contribution < -0.4 is 4.90 Å². The number of aromatic nitrogens is 1. The summed E-state index contributed by atoms with van der Waals surface area (Å²) in [6.07, 6.45) is 3.25. The Hall–Kier alpha value is -0.610. The predicted molar refractivity (Wildman–Crippen MR) is 66.8 cm³/mol. The van der Waals surface area contributed by atoms with Gasteiger partial charge in [0, 0.05) is 17.6 Å². The summed E-state index contributed by atoms with van der Waals surface area (Å²) >= 11 is 3.48. The molecule has 2 unspecified atom stereocenters. The van der Waals surface area contributed by atoms with Gasteiger partial charge in [-0.05, 0) is 47.8 Å². The smallest absolute Gasteiger partial charge is 0.129 e. The average molecular weight is 283 g/mol. The third kappa shape index (κ3) is 1.84. The summed E-state index contributed by atoms with van der Waals surface area (Å²) in [4.78, 5) is 6.97. The zero-order valence-electron chi connectivity index (χ0n) is 9.32. The molecule has 0 radical (unpaired) electrons. The van der Waals surface area contributed by atoms with Gasteiger partial charge in [0.2, 0.25) is 0 Å². The lowest BCUT2D eigenvalue weighted by atomic mass is 10.2. The molecule has 0 saturated carbocycles. The fourth-order valence-corrected chi connectivity index (χ4v) is 2.73. The Bertz CT molecular complexity index is 398. The van der Waals surface area contributed by atoms with Gasteiger partial charge in [-0.1, -0.05) is 0 Å². The van der Waals surface area contributed by atoms with Crippen molar-refractivity contribution in [3.05, 3.63) is 22.3 Å². The number of nitrogens with zero attached hydrogens (tertiary/aromatic N) is 2. The van der Waals surface area contributed by atoms with Crippen LogP contribution in [0.2, 0.25) is 0 Å². The summed E-state index contributed by atoms with van der Waals surface area (Å²) in [6.45, 7) is 4.01. The van der Waals surface area contributed by atoms with E-state index in [2.05, 4.69) is 37.9 Å². The summed E-state index contributed by atoms with van der Waals surface area (Å²) in [5.74, 6) is 1.08. The number of pyridine rings is 1. The van der Waals surface area contributed by atoms with Gasteiger partial charge in [0.25, 0.3) is 0 Å². The molecule has 0 N–H and O–H groups in total. The van der Waals surface area contributed by atoms with Gasteiger partial charge in [0.1, 0.15) is 5.82 Å². The normalized spacial score (nSPS) is 28.5. The number of halogens is 1. The van der Waals surface area contributed by atoms with Crippen LogP contribution in [-0.2, 0) is 4.74 Å². The van der Waals surface area contributed by atoms with E-state index in [-0.39, 0.29) is 0 Å². The van der Waals surface area contributed by atoms with Crippen molar-refractivity contribution in [1.82, 2.24) is 4.98 Å². The van der Waals surface area contributed by atoms with E-state index in [1.807, 2.05) is 6.92 Å². The summed E-state index contributed by atoms with van der Waals surface area (Å²) < 4.78 is 6.90. The van der Waals surface area contributed by atoms with E-state index in [0.717, 1.165) is 29.1 Å². The number of rotatable bonds is 1. The molecule has 0 aromatic carbocycles. The van der Waals surface area contributed by atoms with Gasteiger partial charge in [-0.2, -0.15) is 0 Å². The molecule has 2 aliphatic rings. The molecule has 16 heavy (non-hydrogen) atoms. The van der Waals surface area contributed by atoms with Gasteiger partial charge in [-0.15, -0.1) is 0 Å². The van der Waals surface area contributed by atoms with Crippen molar-refractivity contribution in [2.24, 2.45) is 0 Å². The van der Waals surface area contributed by atoms with Crippen molar-refractivity contribution >= 4 is 21.7 Å². The Morgan fingerprint density at radius 2 is 2.00 bits per heavy atom. The fraction of sp³-hybridized carbons (Fsp3) is 0.583. The second-order valence-corrected chi connectivity index (χ2v) is 5.45. The van der Waals surface area contributed by atoms with Gasteiger partial charge in [-0.25, -0.2) is 4.98 Å². The van der Waals surface area contributed by atoms with E-state index in [1.54, 1.807) is 0 Å². The molecule has 86 valence electrons. The van der Waals surface area contributed by atoms with Crippen molar-refractivity contribution < 1.29 is 4.74 Å². The van der Waals surface area contributed by atoms with Crippen LogP contribution in [0.25, 0.3) is 0 Å². The molecule has 2 saturated heterocycles. The Morgan fingerprint density at radius 3 is 2.62 bits per heavy atom. The molecule has 4 heteroatoms. The van der Waals surface area contributed by atoms with Crippen LogP contribution in [0.15, 0.2) is 16.6 Å². The van der Waals surface area contributed by atoms with Crippen LogP contribution in [0.5, 0.6) is 0 Å². The summed E-state index contributed by atoms with van der Waals surface area (Å²) in [6, 6.07) is 4.16. The Kier molecular flexibility index (Phi) is 2.64. The number of ether oxygens (including phenoxy) is 1. The van der Waals surface area contributed by atoms with Crippen LogP contribution in [-0.4, -0.2) is 30.3 Å². The first kappa shape index (κ1) is 10.5. The molecular formula is C12H15BrN2O. The highest BCUT2D eigenvalue weighted by Gasteiger charge is 2.34. The molecule has 3 rings (SSSR count). The first-order chi connectivity index (χ1) is 7.72. The van der Waals surface area contributed by atoms with Gasteiger partial charge in [0.05, 0.1) is 17.9 Å². The van der Waals surface area contributed by atoms with Crippen molar-refractivity contribution in [2.75, 3.05) is 18.0 Å². The molecule has 3 nitrogen and oxygen atoms in total. The summed E-state index contributed by atoms with van der Waals surface area (Å²) in [7, 11) is 0.